The zero-order chi connectivity index (χ0) is 7.82. The Morgan fingerprint density at radius 2 is 2.40 bits per heavy atom. The van der Waals surface area contributed by atoms with Gasteiger partial charge in [0.1, 0.15) is 0 Å². The Morgan fingerprint density at radius 3 is 2.90 bits per heavy atom. The molecular formula is C8H13NO. The first-order valence-electron chi connectivity index (χ1n) is 3.51. The molecule has 0 aliphatic rings. The molecule has 0 radical (unpaired) electrons. The van der Waals surface area contributed by atoms with Gasteiger partial charge in [-0.25, -0.2) is 0 Å². The van der Waals surface area contributed by atoms with Crippen LogP contribution in [0.25, 0.3) is 0 Å². The first kappa shape index (κ1) is 9.03. The van der Waals surface area contributed by atoms with Gasteiger partial charge < -0.3 is 5.32 Å². The second-order valence-corrected chi connectivity index (χ2v) is 2.08. The van der Waals surface area contributed by atoms with Crippen molar-refractivity contribution >= 4 is 5.91 Å². The van der Waals surface area contributed by atoms with Gasteiger partial charge in [0.2, 0.25) is 5.91 Å². The maximum atomic E-state index is 10.7. The van der Waals surface area contributed by atoms with Crippen LogP contribution in [0.5, 0.6) is 0 Å². The molecule has 56 valence electrons. The summed E-state index contributed by atoms with van der Waals surface area (Å²) in [6.07, 6.45) is 7.24. The first-order chi connectivity index (χ1) is 4.81. The smallest absolute Gasteiger partial charge is 0.232 e. The fraction of sp³-hybridized carbons (Fsp3) is 0.625. The Bertz CT molecular complexity index is 135. The van der Waals surface area contributed by atoms with E-state index < -0.39 is 0 Å². The molecule has 0 aromatic rings. The number of hydrogen-bond donors (Lipinski definition) is 1. The normalized spacial score (nSPS) is 8.40. The van der Waals surface area contributed by atoms with Crippen molar-refractivity contribution in [3.63, 3.8) is 0 Å². The van der Waals surface area contributed by atoms with Crippen molar-refractivity contribution in [2.75, 3.05) is 6.54 Å². The summed E-state index contributed by atoms with van der Waals surface area (Å²) in [4.78, 5) is 10.7. The molecule has 0 unspecified atom stereocenters. The Labute approximate surface area is 62.0 Å². The van der Waals surface area contributed by atoms with Crippen LogP contribution >= 0.6 is 0 Å². The first-order valence-corrected chi connectivity index (χ1v) is 3.51. The van der Waals surface area contributed by atoms with Crippen LogP contribution < -0.4 is 5.32 Å². The average molecular weight is 139 g/mol. The minimum atomic E-state index is -0.0454. The second kappa shape index (κ2) is 6.15. The number of carbonyl (C=O) groups excluding carboxylic acids is 1. The van der Waals surface area contributed by atoms with Gasteiger partial charge in [-0.05, 0) is 6.42 Å². The molecule has 0 aliphatic heterocycles. The number of carbonyl (C=O) groups is 1. The van der Waals surface area contributed by atoms with Gasteiger partial charge in [0.05, 0.1) is 6.42 Å². The summed E-state index contributed by atoms with van der Waals surface area (Å²) in [5.74, 6) is 2.24. The van der Waals surface area contributed by atoms with Crippen molar-refractivity contribution in [2.24, 2.45) is 0 Å². The molecule has 0 rings (SSSR count). The van der Waals surface area contributed by atoms with Crippen LogP contribution in [0.15, 0.2) is 0 Å². The van der Waals surface area contributed by atoms with E-state index in [0.717, 1.165) is 19.4 Å². The van der Waals surface area contributed by atoms with E-state index >= 15 is 0 Å². The molecule has 10 heavy (non-hydrogen) atoms. The third-order valence-corrected chi connectivity index (χ3v) is 1.12. The highest BCUT2D eigenvalue weighted by Gasteiger charge is 1.94. The monoisotopic (exact) mass is 139 g/mol. The van der Waals surface area contributed by atoms with Gasteiger partial charge >= 0.3 is 0 Å². The second-order valence-electron chi connectivity index (χ2n) is 2.08. The molecule has 2 nitrogen and oxygen atoms in total. The van der Waals surface area contributed by atoms with E-state index in [0.29, 0.717) is 0 Å². The van der Waals surface area contributed by atoms with Gasteiger partial charge in [-0.1, -0.05) is 19.3 Å². The molecule has 0 saturated carbocycles. The van der Waals surface area contributed by atoms with E-state index in [2.05, 4.69) is 18.2 Å². The molecule has 1 amide bonds. The lowest BCUT2D eigenvalue weighted by atomic mass is 10.3. The van der Waals surface area contributed by atoms with Gasteiger partial charge in [-0.2, -0.15) is 0 Å². The summed E-state index contributed by atoms with van der Waals surface area (Å²) in [5, 5.41) is 2.70. The van der Waals surface area contributed by atoms with E-state index in [1.54, 1.807) is 0 Å². The topological polar surface area (TPSA) is 29.1 Å². The van der Waals surface area contributed by atoms with Crippen LogP contribution in [0.2, 0.25) is 0 Å². The third-order valence-electron chi connectivity index (χ3n) is 1.12. The largest absolute Gasteiger partial charge is 0.355 e. The predicted molar refractivity (Wildman–Crippen MR) is 41.4 cm³/mol. The van der Waals surface area contributed by atoms with E-state index in [9.17, 15) is 4.79 Å². The number of hydrogen-bond acceptors (Lipinski definition) is 1. The molecule has 0 bridgehead atoms. The van der Waals surface area contributed by atoms with E-state index in [-0.39, 0.29) is 12.3 Å². The summed E-state index contributed by atoms with van der Waals surface area (Å²) in [6, 6.07) is 0. The Balaban J connectivity index is 3.15. The van der Waals surface area contributed by atoms with Crippen molar-refractivity contribution < 1.29 is 4.79 Å². The standard InChI is InChI=1S/C8H13NO/c1-3-5-7-9-8(10)6-4-2/h2H,3,5-7H2,1H3,(H,9,10). The maximum absolute atomic E-state index is 10.7. The van der Waals surface area contributed by atoms with Crippen molar-refractivity contribution in [1.82, 2.24) is 5.32 Å². The minimum absolute atomic E-state index is 0.0454. The molecule has 0 fully saturated rings. The molecule has 0 atom stereocenters. The average Bonchev–Trinajstić information content (AvgIpc) is 1.89. The van der Waals surface area contributed by atoms with Crippen LogP contribution in [0.3, 0.4) is 0 Å². The molecule has 0 saturated heterocycles. The highest BCUT2D eigenvalue weighted by atomic mass is 16.1. The lowest BCUT2D eigenvalue weighted by molar-refractivity contribution is -0.120. The Kier molecular flexibility index (Phi) is 5.56. The zero-order valence-corrected chi connectivity index (χ0v) is 6.31. The lowest BCUT2D eigenvalue weighted by Gasteiger charge is -1.99. The van der Waals surface area contributed by atoms with Gasteiger partial charge in [-0.15, -0.1) is 6.42 Å². The van der Waals surface area contributed by atoms with E-state index in [1.807, 2.05) is 0 Å². The fourth-order valence-electron chi connectivity index (χ4n) is 0.560. The SMILES string of the molecule is C#CCC(=O)NCCCC. The van der Waals surface area contributed by atoms with Gasteiger partial charge in [-0.3, -0.25) is 4.79 Å². The summed E-state index contributed by atoms with van der Waals surface area (Å²) in [7, 11) is 0. The molecule has 1 N–H and O–H groups in total. The molecule has 0 aromatic carbocycles. The molecular weight excluding hydrogens is 126 g/mol. The van der Waals surface area contributed by atoms with E-state index in [1.165, 1.54) is 0 Å². The van der Waals surface area contributed by atoms with Crippen molar-refractivity contribution in [3.05, 3.63) is 0 Å². The summed E-state index contributed by atoms with van der Waals surface area (Å²) in [5.41, 5.74) is 0. The van der Waals surface area contributed by atoms with Crippen molar-refractivity contribution in [3.8, 4) is 12.3 Å². The van der Waals surface area contributed by atoms with Crippen LogP contribution in [0, 0.1) is 12.3 Å². The maximum Gasteiger partial charge on any atom is 0.232 e. The number of rotatable bonds is 4. The van der Waals surface area contributed by atoms with Gasteiger partial charge in [0, 0.05) is 6.54 Å². The van der Waals surface area contributed by atoms with Crippen LogP contribution in [-0.2, 0) is 4.79 Å². The van der Waals surface area contributed by atoms with Crippen LogP contribution in [0.1, 0.15) is 26.2 Å². The third kappa shape index (κ3) is 5.17. The molecule has 0 aromatic heterocycles. The predicted octanol–water partition coefficient (Wildman–Crippen LogP) is 0.926. The summed E-state index contributed by atoms with van der Waals surface area (Å²) in [6.45, 7) is 2.82. The van der Waals surface area contributed by atoms with E-state index in [4.69, 9.17) is 6.42 Å². The number of nitrogens with one attached hydrogen (secondary N) is 1. The van der Waals surface area contributed by atoms with Crippen molar-refractivity contribution in [2.45, 2.75) is 26.2 Å². The van der Waals surface area contributed by atoms with Crippen LogP contribution in [0.4, 0.5) is 0 Å². The molecule has 2 heteroatoms. The Hall–Kier alpha value is -0.970. The lowest BCUT2D eigenvalue weighted by Crippen LogP contribution is -2.23. The summed E-state index contributed by atoms with van der Waals surface area (Å²) < 4.78 is 0. The van der Waals surface area contributed by atoms with Gasteiger partial charge in [0.25, 0.3) is 0 Å². The number of terminal acetylenes is 1. The highest BCUT2D eigenvalue weighted by Crippen LogP contribution is 1.83. The molecule has 0 heterocycles. The minimum Gasteiger partial charge on any atom is -0.355 e. The highest BCUT2D eigenvalue weighted by molar-refractivity contribution is 5.78. The summed E-state index contributed by atoms with van der Waals surface area (Å²) >= 11 is 0. The van der Waals surface area contributed by atoms with Gasteiger partial charge in [0.15, 0.2) is 0 Å². The number of amides is 1. The van der Waals surface area contributed by atoms with Crippen molar-refractivity contribution in [1.29, 1.82) is 0 Å². The molecule has 0 aliphatic carbocycles. The quantitative estimate of drug-likeness (QED) is 0.455. The fourth-order valence-corrected chi connectivity index (χ4v) is 0.560. The molecule has 0 spiro atoms. The van der Waals surface area contributed by atoms with Crippen LogP contribution in [-0.4, -0.2) is 12.5 Å². The zero-order valence-electron chi connectivity index (χ0n) is 6.31. The Morgan fingerprint density at radius 1 is 1.70 bits per heavy atom. The number of unbranched alkanes of at least 4 members (excludes halogenated alkanes) is 1.